The Kier molecular flexibility index (Phi) is 6.83. The first-order chi connectivity index (χ1) is 12.2. The Bertz CT molecular complexity index is 704. The summed E-state index contributed by atoms with van der Waals surface area (Å²) in [6.07, 6.45) is 0. The van der Waals surface area contributed by atoms with E-state index in [1.54, 1.807) is 23.1 Å². The lowest BCUT2D eigenvalue weighted by Gasteiger charge is -2.21. The molecule has 0 bridgehead atoms. The summed E-state index contributed by atoms with van der Waals surface area (Å²) >= 11 is 0. The fourth-order valence-electron chi connectivity index (χ4n) is 2.31. The summed E-state index contributed by atoms with van der Waals surface area (Å²) < 4.78 is 10.6. The molecule has 25 heavy (non-hydrogen) atoms. The maximum Gasteiger partial charge on any atom is 0.258 e. The zero-order valence-corrected chi connectivity index (χ0v) is 14.4. The van der Waals surface area contributed by atoms with E-state index in [1.807, 2.05) is 43.3 Å². The van der Waals surface area contributed by atoms with Crippen molar-refractivity contribution in [2.75, 3.05) is 31.7 Å². The number of para-hydroxylation sites is 3. The van der Waals surface area contributed by atoms with Crippen molar-refractivity contribution in [2.45, 2.75) is 6.92 Å². The van der Waals surface area contributed by atoms with Crippen molar-refractivity contribution in [1.82, 2.24) is 5.32 Å². The van der Waals surface area contributed by atoms with Gasteiger partial charge in [0.2, 0.25) is 5.91 Å². The summed E-state index contributed by atoms with van der Waals surface area (Å²) in [4.78, 5) is 25.8. The van der Waals surface area contributed by atoms with E-state index in [2.05, 4.69) is 5.32 Å². The normalized spacial score (nSPS) is 10.0. The largest absolute Gasteiger partial charge is 0.493 e. The first kappa shape index (κ1) is 18.3. The van der Waals surface area contributed by atoms with E-state index in [0.717, 1.165) is 5.69 Å². The molecule has 1 N–H and O–H groups in total. The summed E-state index contributed by atoms with van der Waals surface area (Å²) in [7, 11) is 1.53. The minimum atomic E-state index is -0.372. The molecule has 2 aromatic rings. The lowest BCUT2D eigenvalue weighted by molar-refractivity contribution is -0.126. The molecule has 0 aromatic heterocycles. The van der Waals surface area contributed by atoms with Gasteiger partial charge in [-0.1, -0.05) is 30.3 Å². The van der Waals surface area contributed by atoms with Gasteiger partial charge in [0.05, 0.1) is 13.7 Å². The average Bonchev–Trinajstić information content (AvgIpc) is 2.66. The monoisotopic (exact) mass is 342 g/mol. The zero-order valence-electron chi connectivity index (χ0n) is 14.4. The standard InChI is InChI=1S/C19H22N2O4/c1-3-21(15-9-5-4-6-10-15)19(23)13-20-18(22)14-25-17-12-8-7-11-16(17)24-2/h4-12H,3,13-14H2,1-2H3,(H,20,22). The topological polar surface area (TPSA) is 67.9 Å². The van der Waals surface area contributed by atoms with Crippen LogP contribution in [-0.2, 0) is 9.59 Å². The highest BCUT2D eigenvalue weighted by atomic mass is 16.5. The van der Waals surface area contributed by atoms with E-state index in [4.69, 9.17) is 9.47 Å². The van der Waals surface area contributed by atoms with Crippen LogP contribution in [0.3, 0.4) is 0 Å². The molecule has 0 aliphatic carbocycles. The molecular formula is C19H22N2O4. The Labute approximate surface area is 147 Å². The van der Waals surface area contributed by atoms with Crippen LogP contribution in [0.4, 0.5) is 5.69 Å². The van der Waals surface area contributed by atoms with Crippen LogP contribution in [0.1, 0.15) is 6.92 Å². The number of carbonyl (C=O) groups is 2. The smallest absolute Gasteiger partial charge is 0.258 e. The van der Waals surface area contributed by atoms with E-state index < -0.39 is 0 Å². The summed E-state index contributed by atoms with van der Waals surface area (Å²) in [5.74, 6) is 0.473. The van der Waals surface area contributed by atoms with Crippen molar-refractivity contribution in [1.29, 1.82) is 0 Å². The summed E-state index contributed by atoms with van der Waals surface area (Å²) in [5.41, 5.74) is 0.800. The second kappa shape index (κ2) is 9.32. The van der Waals surface area contributed by atoms with Crippen molar-refractivity contribution >= 4 is 17.5 Å². The first-order valence-corrected chi connectivity index (χ1v) is 8.03. The quantitative estimate of drug-likeness (QED) is 0.799. The van der Waals surface area contributed by atoms with Gasteiger partial charge >= 0.3 is 0 Å². The number of likely N-dealkylation sites (N-methyl/N-ethyl adjacent to an activating group) is 1. The molecule has 0 heterocycles. The van der Waals surface area contributed by atoms with Crippen LogP contribution in [-0.4, -0.2) is 38.6 Å². The number of nitrogens with one attached hydrogen (secondary N) is 1. The third-order valence-corrected chi connectivity index (χ3v) is 3.55. The molecule has 0 aliphatic heterocycles. The highest BCUT2D eigenvalue weighted by Crippen LogP contribution is 2.25. The highest BCUT2D eigenvalue weighted by Gasteiger charge is 2.15. The van der Waals surface area contributed by atoms with Crippen molar-refractivity contribution < 1.29 is 19.1 Å². The third kappa shape index (κ3) is 5.24. The van der Waals surface area contributed by atoms with Gasteiger partial charge in [-0.25, -0.2) is 0 Å². The number of benzene rings is 2. The third-order valence-electron chi connectivity index (χ3n) is 3.55. The number of hydrogen-bond donors (Lipinski definition) is 1. The van der Waals surface area contributed by atoms with Crippen LogP contribution in [0.15, 0.2) is 54.6 Å². The highest BCUT2D eigenvalue weighted by molar-refractivity contribution is 5.96. The molecule has 2 amide bonds. The molecule has 6 nitrogen and oxygen atoms in total. The second-order valence-electron chi connectivity index (χ2n) is 5.19. The molecule has 0 aliphatic rings. The summed E-state index contributed by atoms with van der Waals surface area (Å²) in [6, 6.07) is 16.4. The average molecular weight is 342 g/mol. The molecular weight excluding hydrogens is 320 g/mol. The molecule has 0 spiro atoms. The predicted octanol–water partition coefficient (Wildman–Crippen LogP) is 2.24. The number of amides is 2. The van der Waals surface area contributed by atoms with Gasteiger partial charge in [0.1, 0.15) is 0 Å². The van der Waals surface area contributed by atoms with Crippen LogP contribution in [0.25, 0.3) is 0 Å². The lowest BCUT2D eigenvalue weighted by Crippen LogP contribution is -2.41. The van der Waals surface area contributed by atoms with Crippen LogP contribution in [0.2, 0.25) is 0 Å². The van der Waals surface area contributed by atoms with E-state index >= 15 is 0 Å². The molecule has 0 saturated heterocycles. The molecule has 2 aromatic carbocycles. The van der Waals surface area contributed by atoms with Gasteiger partial charge in [0.25, 0.3) is 5.91 Å². The van der Waals surface area contributed by atoms with E-state index in [0.29, 0.717) is 18.0 Å². The van der Waals surface area contributed by atoms with Gasteiger partial charge in [-0.05, 0) is 31.2 Å². The molecule has 0 radical (unpaired) electrons. The molecule has 0 fully saturated rings. The van der Waals surface area contributed by atoms with Crippen LogP contribution < -0.4 is 19.7 Å². The van der Waals surface area contributed by atoms with E-state index in [1.165, 1.54) is 7.11 Å². The number of ether oxygens (including phenoxy) is 2. The Morgan fingerprint density at radius 2 is 1.64 bits per heavy atom. The Hall–Kier alpha value is -3.02. The molecule has 0 unspecified atom stereocenters. The van der Waals surface area contributed by atoms with E-state index in [-0.39, 0.29) is 25.0 Å². The molecule has 2 rings (SSSR count). The predicted molar refractivity (Wildman–Crippen MR) is 96.0 cm³/mol. The zero-order chi connectivity index (χ0) is 18.1. The Balaban J connectivity index is 1.84. The van der Waals surface area contributed by atoms with Crippen LogP contribution in [0.5, 0.6) is 11.5 Å². The van der Waals surface area contributed by atoms with Gasteiger partial charge in [0, 0.05) is 12.2 Å². The van der Waals surface area contributed by atoms with Crippen LogP contribution >= 0.6 is 0 Å². The molecule has 0 saturated carbocycles. The van der Waals surface area contributed by atoms with Gasteiger partial charge < -0.3 is 19.7 Å². The number of nitrogens with zero attached hydrogens (tertiary/aromatic N) is 1. The van der Waals surface area contributed by atoms with Gasteiger partial charge in [-0.3, -0.25) is 9.59 Å². The maximum absolute atomic E-state index is 12.3. The lowest BCUT2D eigenvalue weighted by atomic mass is 10.3. The minimum absolute atomic E-state index is 0.0865. The number of carbonyl (C=O) groups excluding carboxylic acids is 2. The Morgan fingerprint density at radius 1 is 1.00 bits per heavy atom. The second-order valence-corrected chi connectivity index (χ2v) is 5.19. The SMILES string of the molecule is CCN(C(=O)CNC(=O)COc1ccccc1OC)c1ccccc1. The molecule has 132 valence electrons. The number of rotatable bonds is 8. The fourth-order valence-corrected chi connectivity index (χ4v) is 2.31. The maximum atomic E-state index is 12.3. The van der Waals surface area contributed by atoms with Crippen molar-refractivity contribution in [3.63, 3.8) is 0 Å². The number of hydrogen-bond acceptors (Lipinski definition) is 4. The Morgan fingerprint density at radius 3 is 2.28 bits per heavy atom. The fraction of sp³-hybridized carbons (Fsp3) is 0.263. The van der Waals surface area contributed by atoms with Gasteiger partial charge in [0.15, 0.2) is 18.1 Å². The van der Waals surface area contributed by atoms with Crippen molar-refractivity contribution in [3.8, 4) is 11.5 Å². The summed E-state index contributed by atoms with van der Waals surface area (Å²) in [5, 5.41) is 2.58. The van der Waals surface area contributed by atoms with E-state index in [9.17, 15) is 9.59 Å². The van der Waals surface area contributed by atoms with Crippen molar-refractivity contribution in [2.24, 2.45) is 0 Å². The minimum Gasteiger partial charge on any atom is -0.493 e. The molecule has 0 atom stereocenters. The van der Waals surface area contributed by atoms with Crippen molar-refractivity contribution in [3.05, 3.63) is 54.6 Å². The first-order valence-electron chi connectivity index (χ1n) is 8.03. The van der Waals surface area contributed by atoms with Gasteiger partial charge in [-0.2, -0.15) is 0 Å². The summed E-state index contributed by atoms with van der Waals surface area (Å²) in [6.45, 7) is 2.13. The van der Waals surface area contributed by atoms with Gasteiger partial charge in [-0.15, -0.1) is 0 Å². The van der Waals surface area contributed by atoms with Crippen LogP contribution in [0, 0.1) is 0 Å². The number of methoxy groups -OCH3 is 1. The molecule has 6 heteroatoms. The number of anilines is 1.